The lowest BCUT2D eigenvalue weighted by molar-refractivity contribution is 0.0776. The molecule has 0 fully saturated rings. The number of aromatic nitrogens is 1. The molecule has 126 valence electrons. The van der Waals surface area contributed by atoms with Gasteiger partial charge in [0.1, 0.15) is 5.69 Å². The molecule has 2 heterocycles. The number of ketones is 1. The summed E-state index contributed by atoms with van der Waals surface area (Å²) in [7, 11) is -1.10. The zero-order valence-corrected chi connectivity index (χ0v) is 15.6. The lowest BCUT2D eigenvalue weighted by Gasteiger charge is -2.08. The van der Waals surface area contributed by atoms with Crippen molar-refractivity contribution in [3.05, 3.63) is 52.8 Å². The molecule has 0 N–H and O–H groups in total. The molecule has 1 aromatic heterocycles. The lowest BCUT2D eigenvalue weighted by Crippen LogP contribution is -2.14. The van der Waals surface area contributed by atoms with Gasteiger partial charge in [-0.25, -0.2) is 4.79 Å². The van der Waals surface area contributed by atoms with Gasteiger partial charge in [-0.3, -0.25) is 9.00 Å². The minimum Gasteiger partial charge on any atom is -0.380 e. The smallest absolute Gasteiger partial charge is 0.351 e. The molecule has 0 spiro atoms. The van der Waals surface area contributed by atoms with Gasteiger partial charge in [0, 0.05) is 39.8 Å². The number of nitrogens with zero attached hydrogens (tertiary/aromatic N) is 1. The average molecular weight is 410 g/mol. The van der Waals surface area contributed by atoms with Crippen LogP contribution >= 0.6 is 16.3 Å². The van der Waals surface area contributed by atoms with Gasteiger partial charge in [-0.2, -0.15) is 0 Å². The van der Waals surface area contributed by atoms with Gasteiger partial charge in [-0.05, 0) is 42.7 Å². The second kappa shape index (κ2) is 6.64. The summed E-state index contributed by atoms with van der Waals surface area (Å²) in [6.07, 6.45) is 2.52. The van der Waals surface area contributed by atoms with Crippen molar-refractivity contribution in [1.29, 1.82) is 0 Å². The van der Waals surface area contributed by atoms with Crippen molar-refractivity contribution in [3.8, 4) is 0 Å². The number of hydrogen-bond donors (Lipinski definition) is 0. The van der Waals surface area contributed by atoms with Gasteiger partial charge in [0.05, 0.1) is 5.56 Å². The summed E-state index contributed by atoms with van der Waals surface area (Å²) in [5, 5.41) is 0. The zero-order valence-electron chi connectivity index (χ0n) is 13.2. The van der Waals surface area contributed by atoms with Crippen LogP contribution in [-0.2, 0) is 21.2 Å². The van der Waals surface area contributed by atoms with E-state index in [1.165, 1.54) is 0 Å². The van der Waals surface area contributed by atoms with Crippen molar-refractivity contribution in [2.45, 2.75) is 30.7 Å². The monoisotopic (exact) mass is 409 g/mol. The fraction of sp³-hybridized carbons (Fsp3) is 0.294. The van der Waals surface area contributed by atoms with Gasteiger partial charge >= 0.3 is 5.97 Å². The SMILES string of the molecule is CC1CCn2c1cc(C(=O)OBr)c2C(=O)c1ccc(S(C)=O)cc1. The Balaban J connectivity index is 2.07. The molecule has 0 saturated heterocycles. The average Bonchev–Trinajstić information content (AvgIpc) is 3.13. The first-order valence-electron chi connectivity index (χ1n) is 7.48. The van der Waals surface area contributed by atoms with Crippen LogP contribution in [-0.4, -0.2) is 26.8 Å². The molecule has 2 atom stereocenters. The molecule has 7 heteroatoms. The van der Waals surface area contributed by atoms with Crippen molar-refractivity contribution in [2.75, 3.05) is 6.26 Å². The van der Waals surface area contributed by atoms with Crippen LogP contribution in [0.1, 0.15) is 51.4 Å². The molecule has 0 bridgehead atoms. The molecule has 2 aromatic rings. The van der Waals surface area contributed by atoms with Gasteiger partial charge in [-0.15, -0.1) is 0 Å². The van der Waals surface area contributed by atoms with E-state index in [1.807, 2.05) is 4.57 Å². The first kappa shape index (κ1) is 17.1. The van der Waals surface area contributed by atoms with Crippen LogP contribution in [0.25, 0.3) is 0 Å². The summed E-state index contributed by atoms with van der Waals surface area (Å²) in [5.74, 6) is -0.534. The van der Waals surface area contributed by atoms with Crippen LogP contribution in [0.15, 0.2) is 35.2 Å². The molecule has 1 aliphatic rings. The third-order valence-corrected chi connectivity index (χ3v) is 5.60. The lowest BCUT2D eigenvalue weighted by atomic mass is 10.0. The van der Waals surface area contributed by atoms with Crippen molar-refractivity contribution in [3.63, 3.8) is 0 Å². The molecule has 1 aliphatic heterocycles. The first-order chi connectivity index (χ1) is 11.4. The number of hydrogen-bond acceptors (Lipinski definition) is 4. The molecule has 0 aliphatic carbocycles. The minimum absolute atomic E-state index is 0.239. The first-order valence-corrected chi connectivity index (χ1v) is 9.69. The molecule has 1 aromatic carbocycles. The summed E-state index contributed by atoms with van der Waals surface area (Å²) >= 11 is 2.70. The predicted octanol–water partition coefficient (Wildman–Crippen LogP) is 3.43. The van der Waals surface area contributed by atoms with Gasteiger partial charge in [0.25, 0.3) is 0 Å². The predicted molar refractivity (Wildman–Crippen MR) is 94.0 cm³/mol. The van der Waals surface area contributed by atoms with E-state index < -0.39 is 16.8 Å². The Bertz CT molecular complexity index is 841. The number of carbonyl (C=O) groups is 2. The number of halogens is 1. The second-order valence-electron chi connectivity index (χ2n) is 5.85. The van der Waals surface area contributed by atoms with E-state index >= 15 is 0 Å². The van der Waals surface area contributed by atoms with E-state index in [4.69, 9.17) is 0 Å². The van der Waals surface area contributed by atoms with Crippen molar-refractivity contribution >= 4 is 38.8 Å². The summed E-state index contributed by atoms with van der Waals surface area (Å²) in [6.45, 7) is 2.77. The van der Waals surface area contributed by atoms with E-state index in [2.05, 4.69) is 27.0 Å². The summed E-state index contributed by atoms with van der Waals surface area (Å²) < 4.78 is 18.0. The maximum Gasteiger partial charge on any atom is 0.351 e. The van der Waals surface area contributed by atoms with E-state index in [-0.39, 0.29) is 11.3 Å². The topological polar surface area (TPSA) is 65.4 Å². The molecule has 3 rings (SSSR count). The van der Waals surface area contributed by atoms with Crippen molar-refractivity contribution in [2.24, 2.45) is 0 Å². The third kappa shape index (κ3) is 2.86. The second-order valence-corrected chi connectivity index (χ2v) is 7.55. The standard InChI is InChI=1S/C17H16BrNO4S/c1-10-7-8-19-14(10)9-13(17(21)23-18)15(19)16(20)11-3-5-12(6-4-11)24(2)22/h3-6,9-10H,7-8H2,1-2H3. The molecular weight excluding hydrogens is 394 g/mol. The Morgan fingerprint density at radius 3 is 2.54 bits per heavy atom. The molecule has 24 heavy (non-hydrogen) atoms. The number of carbonyl (C=O) groups excluding carboxylic acids is 2. The normalized spacial score (nSPS) is 17.4. The van der Waals surface area contributed by atoms with Gasteiger partial charge in [0.2, 0.25) is 5.78 Å². The summed E-state index contributed by atoms with van der Waals surface area (Å²) in [5.41, 5.74) is 2.04. The van der Waals surface area contributed by atoms with Gasteiger partial charge in [-0.1, -0.05) is 6.92 Å². The Hall–Kier alpha value is -1.73. The van der Waals surface area contributed by atoms with E-state index in [0.717, 1.165) is 12.1 Å². The highest BCUT2D eigenvalue weighted by Crippen LogP contribution is 2.34. The number of fused-ring (bicyclic) bond motifs is 1. The Morgan fingerprint density at radius 1 is 1.29 bits per heavy atom. The third-order valence-electron chi connectivity index (χ3n) is 4.37. The maximum atomic E-state index is 13.0. The minimum atomic E-state index is -1.10. The van der Waals surface area contributed by atoms with Crippen LogP contribution in [0.3, 0.4) is 0 Å². The summed E-state index contributed by atoms with van der Waals surface area (Å²) in [6, 6.07) is 8.36. The molecule has 5 nitrogen and oxygen atoms in total. The molecule has 0 saturated carbocycles. The Morgan fingerprint density at radius 2 is 1.96 bits per heavy atom. The van der Waals surface area contributed by atoms with Crippen LogP contribution in [0.4, 0.5) is 0 Å². The van der Waals surface area contributed by atoms with E-state index in [9.17, 15) is 13.8 Å². The highest BCUT2D eigenvalue weighted by atomic mass is 79.9. The zero-order chi connectivity index (χ0) is 17.4. The highest BCUT2D eigenvalue weighted by Gasteiger charge is 2.31. The fourth-order valence-electron chi connectivity index (χ4n) is 3.07. The van der Waals surface area contributed by atoms with Crippen LogP contribution in [0, 0.1) is 0 Å². The highest BCUT2D eigenvalue weighted by molar-refractivity contribution is 9.06. The molecule has 2 unspecified atom stereocenters. The van der Waals surface area contributed by atoms with Crippen molar-refractivity contribution in [1.82, 2.24) is 4.57 Å². The van der Waals surface area contributed by atoms with Gasteiger partial charge < -0.3 is 8.40 Å². The number of rotatable bonds is 4. The van der Waals surface area contributed by atoms with Crippen LogP contribution in [0.2, 0.25) is 0 Å². The fourth-order valence-corrected chi connectivity index (χ4v) is 3.76. The summed E-state index contributed by atoms with van der Waals surface area (Å²) in [4.78, 5) is 25.7. The Labute approximate surface area is 150 Å². The van der Waals surface area contributed by atoms with Crippen molar-refractivity contribution < 1.29 is 17.6 Å². The number of benzene rings is 1. The van der Waals surface area contributed by atoms with Gasteiger partial charge in [0.15, 0.2) is 16.3 Å². The molecular formula is C17H16BrNO4S. The molecule has 0 amide bonds. The maximum absolute atomic E-state index is 13.0. The quantitative estimate of drug-likeness (QED) is 0.725. The van der Waals surface area contributed by atoms with Crippen LogP contribution in [0.5, 0.6) is 0 Å². The Kier molecular flexibility index (Phi) is 4.73. The largest absolute Gasteiger partial charge is 0.380 e. The molecule has 0 radical (unpaired) electrons. The van der Waals surface area contributed by atoms with E-state index in [1.54, 1.807) is 36.6 Å². The van der Waals surface area contributed by atoms with E-state index in [0.29, 0.717) is 28.6 Å². The van der Waals surface area contributed by atoms with Crippen LogP contribution < -0.4 is 0 Å².